The highest BCUT2D eigenvalue weighted by Gasteiger charge is 2.04. The number of hydrogen-bond acceptors (Lipinski definition) is 1. The number of nitrogens with zero attached hydrogens (tertiary/aromatic N) is 1. The molecule has 0 fully saturated rings. The first-order valence-electron chi connectivity index (χ1n) is 3.84. The molecule has 10 heavy (non-hydrogen) atoms. The van der Waals surface area contributed by atoms with Gasteiger partial charge in [-0.15, -0.1) is 0 Å². The average Bonchev–Trinajstić information content (AvgIpc) is 1.89. The lowest BCUT2D eigenvalue weighted by Crippen LogP contribution is -2.08. The van der Waals surface area contributed by atoms with Gasteiger partial charge in [0.15, 0.2) is 0 Å². The molecule has 0 aromatic rings. The molecule has 0 spiro atoms. The van der Waals surface area contributed by atoms with Crippen molar-refractivity contribution < 1.29 is 0 Å². The molecule has 0 saturated heterocycles. The van der Waals surface area contributed by atoms with Crippen LogP contribution in [0.4, 0.5) is 0 Å². The number of aliphatic imine (C=N–C) groups is 1. The van der Waals surface area contributed by atoms with E-state index in [0.717, 1.165) is 6.42 Å². The second kappa shape index (κ2) is 5.21. The highest BCUT2D eigenvalue weighted by molar-refractivity contribution is 5.25. The molecule has 58 valence electrons. The SMILES string of the molecule is C=NC(/C=C/CC)C(C)C. The van der Waals surface area contributed by atoms with Crippen LogP contribution in [0.15, 0.2) is 17.1 Å². The standard InChI is InChI=1S/C9H17N/c1-5-6-7-9(10-4)8(2)3/h6-9H,4-5H2,1-3H3/b7-6+. The second-order valence-electron chi connectivity index (χ2n) is 2.75. The Kier molecular flexibility index (Phi) is 4.91. The smallest absolute Gasteiger partial charge is 0.0695 e. The molecule has 0 bridgehead atoms. The van der Waals surface area contributed by atoms with Gasteiger partial charge in [-0.3, -0.25) is 4.99 Å². The van der Waals surface area contributed by atoms with Crippen molar-refractivity contribution in [2.75, 3.05) is 0 Å². The first-order valence-corrected chi connectivity index (χ1v) is 3.84. The summed E-state index contributed by atoms with van der Waals surface area (Å²) < 4.78 is 0. The largest absolute Gasteiger partial charge is 0.293 e. The van der Waals surface area contributed by atoms with E-state index in [1.54, 1.807) is 0 Å². The van der Waals surface area contributed by atoms with Crippen LogP contribution in [0.25, 0.3) is 0 Å². The van der Waals surface area contributed by atoms with Crippen LogP contribution in [-0.4, -0.2) is 12.8 Å². The summed E-state index contributed by atoms with van der Waals surface area (Å²) in [7, 11) is 0. The van der Waals surface area contributed by atoms with E-state index in [-0.39, 0.29) is 0 Å². The van der Waals surface area contributed by atoms with Crippen molar-refractivity contribution in [1.82, 2.24) is 0 Å². The van der Waals surface area contributed by atoms with Crippen LogP contribution in [0, 0.1) is 5.92 Å². The van der Waals surface area contributed by atoms with Crippen molar-refractivity contribution >= 4 is 6.72 Å². The molecular formula is C9H17N. The van der Waals surface area contributed by atoms with Crippen molar-refractivity contribution in [2.24, 2.45) is 10.9 Å². The predicted octanol–water partition coefficient (Wildman–Crippen LogP) is 2.68. The molecule has 0 aliphatic carbocycles. The van der Waals surface area contributed by atoms with E-state index in [0.29, 0.717) is 12.0 Å². The van der Waals surface area contributed by atoms with Crippen LogP contribution < -0.4 is 0 Å². The Morgan fingerprint density at radius 1 is 1.50 bits per heavy atom. The van der Waals surface area contributed by atoms with Crippen molar-refractivity contribution in [3.05, 3.63) is 12.2 Å². The third-order valence-corrected chi connectivity index (χ3v) is 1.46. The lowest BCUT2D eigenvalue weighted by molar-refractivity contribution is 0.575. The van der Waals surface area contributed by atoms with Crippen molar-refractivity contribution in [2.45, 2.75) is 33.2 Å². The minimum atomic E-state index is 0.306. The molecule has 1 atom stereocenters. The van der Waals surface area contributed by atoms with Gasteiger partial charge in [-0.1, -0.05) is 32.9 Å². The van der Waals surface area contributed by atoms with Crippen LogP contribution in [-0.2, 0) is 0 Å². The Balaban J connectivity index is 3.82. The van der Waals surface area contributed by atoms with Crippen LogP contribution in [0.1, 0.15) is 27.2 Å². The lowest BCUT2D eigenvalue weighted by atomic mass is 10.0. The van der Waals surface area contributed by atoms with Gasteiger partial charge in [-0.2, -0.15) is 0 Å². The van der Waals surface area contributed by atoms with Gasteiger partial charge in [0.05, 0.1) is 6.04 Å². The highest BCUT2D eigenvalue weighted by atomic mass is 14.7. The molecule has 0 aliphatic heterocycles. The lowest BCUT2D eigenvalue weighted by Gasteiger charge is -2.09. The van der Waals surface area contributed by atoms with Gasteiger partial charge in [-0.05, 0) is 19.1 Å². The minimum Gasteiger partial charge on any atom is -0.293 e. The molecule has 0 aliphatic rings. The molecule has 1 unspecified atom stereocenters. The van der Waals surface area contributed by atoms with Crippen LogP contribution in [0.3, 0.4) is 0 Å². The number of allylic oxidation sites excluding steroid dienone is 1. The van der Waals surface area contributed by atoms with E-state index >= 15 is 0 Å². The Bertz CT molecular complexity index is 114. The van der Waals surface area contributed by atoms with E-state index in [2.05, 4.69) is 44.6 Å². The van der Waals surface area contributed by atoms with Gasteiger partial charge in [-0.25, -0.2) is 0 Å². The summed E-state index contributed by atoms with van der Waals surface area (Å²) in [5, 5.41) is 0. The van der Waals surface area contributed by atoms with E-state index in [1.807, 2.05) is 0 Å². The normalized spacial score (nSPS) is 14.4. The summed E-state index contributed by atoms with van der Waals surface area (Å²) in [5.74, 6) is 0.570. The molecule has 0 aromatic heterocycles. The van der Waals surface area contributed by atoms with Crippen LogP contribution in [0.5, 0.6) is 0 Å². The van der Waals surface area contributed by atoms with Gasteiger partial charge in [0, 0.05) is 0 Å². The molecule has 0 aromatic carbocycles. The maximum Gasteiger partial charge on any atom is 0.0695 e. The van der Waals surface area contributed by atoms with Gasteiger partial charge in [0.2, 0.25) is 0 Å². The van der Waals surface area contributed by atoms with Crippen molar-refractivity contribution in [3.63, 3.8) is 0 Å². The molecule has 1 nitrogen and oxygen atoms in total. The van der Waals surface area contributed by atoms with Gasteiger partial charge < -0.3 is 0 Å². The number of rotatable bonds is 4. The zero-order valence-electron chi connectivity index (χ0n) is 7.17. The van der Waals surface area contributed by atoms with E-state index < -0.39 is 0 Å². The fourth-order valence-electron chi connectivity index (χ4n) is 0.769. The zero-order valence-corrected chi connectivity index (χ0v) is 7.17. The Labute approximate surface area is 63.9 Å². The van der Waals surface area contributed by atoms with Gasteiger partial charge >= 0.3 is 0 Å². The second-order valence-corrected chi connectivity index (χ2v) is 2.75. The summed E-state index contributed by atoms with van der Waals surface area (Å²) in [4.78, 5) is 3.99. The third kappa shape index (κ3) is 3.44. The topological polar surface area (TPSA) is 12.4 Å². The highest BCUT2D eigenvalue weighted by Crippen LogP contribution is 2.06. The molecule has 0 amide bonds. The van der Waals surface area contributed by atoms with Crippen LogP contribution >= 0.6 is 0 Å². The quantitative estimate of drug-likeness (QED) is 0.419. The Morgan fingerprint density at radius 3 is 2.40 bits per heavy atom. The van der Waals surface area contributed by atoms with Crippen LogP contribution in [0.2, 0.25) is 0 Å². The minimum absolute atomic E-state index is 0.306. The maximum atomic E-state index is 3.99. The van der Waals surface area contributed by atoms with Gasteiger partial charge in [0.25, 0.3) is 0 Å². The fourth-order valence-corrected chi connectivity index (χ4v) is 0.769. The predicted molar refractivity (Wildman–Crippen MR) is 47.6 cm³/mol. The third-order valence-electron chi connectivity index (χ3n) is 1.46. The summed E-state index contributed by atoms with van der Waals surface area (Å²) in [6, 6.07) is 0.306. The Hall–Kier alpha value is -0.590. The Morgan fingerprint density at radius 2 is 2.10 bits per heavy atom. The average molecular weight is 139 g/mol. The fraction of sp³-hybridized carbons (Fsp3) is 0.667. The summed E-state index contributed by atoms with van der Waals surface area (Å²) in [6.45, 7) is 9.96. The van der Waals surface area contributed by atoms with E-state index in [9.17, 15) is 0 Å². The molecule has 0 N–H and O–H groups in total. The zero-order chi connectivity index (χ0) is 7.98. The van der Waals surface area contributed by atoms with Crippen molar-refractivity contribution in [1.29, 1.82) is 0 Å². The maximum absolute atomic E-state index is 3.99. The van der Waals surface area contributed by atoms with E-state index in [4.69, 9.17) is 0 Å². The molecule has 0 rings (SSSR count). The van der Waals surface area contributed by atoms with Gasteiger partial charge in [0.1, 0.15) is 0 Å². The van der Waals surface area contributed by atoms with E-state index in [1.165, 1.54) is 0 Å². The summed E-state index contributed by atoms with van der Waals surface area (Å²) in [6.07, 6.45) is 5.34. The van der Waals surface area contributed by atoms with Crippen molar-refractivity contribution in [3.8, 4) is 0 Å². The molecule has 1 heteroatoms. The monoisotopic (exact) mass is 139 g/mol. The number of hydrogen-bond donors (Lipinski definition) is 0. The summed E-state index contributed by atoms with van der Waals surface area (Å²) in [5.41, 5.74) is 0. The molecule has 0 radical (unpaired) electrons. The first-order chi connectivity index (χ1) is 4.72. The molecule has 0 heterocycles. The molecular weight excluding hydrogens is 122 g/mol. The summed E-state index contributed by atoms with van der Waals surface area (Å²) >= 11 is 0. The molecule has 0 saturated carbocycles. The first kappa shape index (κ1) is 9.41.